The fourth-order valence-electron chi connectivity index (χ4n) is 0.961. The maximum Gasteiger partial charge on any atom is 0.0701 e. The molecule has 92 valence electrons. The monoisotopic (exact) mass is 222 g/mol. The Morgan fingerprint density at radius 3 is 1.53 bits per heavy atom. The van der Waals surface area contributed by atoms with Crippen molar-refractivity contribution in [3.63, 3.8) is 0 Å². The van der Waals surface area contributed by atoms with E-state index in [1.165, 1.54) is 12.8 Å². The van der Waals surface area contributed by atoms with E-state index in [1.807, 2.05) is 0 Å². The highest BCUT2D eigenvalue weighted by Gasteiger charge is 1.94. The third-order valence-electron chi connectivity index (χ3n) is 1.67. The maximum absolute atomic E-state index is 8.26. The Hall–Kier alpha value is -0.200. The Kier molecular flexibility index (Phi) is 13.6. The summed E-state index contributed by atoms with van der Waals surface area (Å²) >= 11 is 0. The molecule has 1 fully saturated rings. The van der Waals surface area contributed by atoms with Crippen LogP contribution in [0.15, 0.2) is 0 Å². The topological polar surface area (TPSA) is 68.2 Å². The van der Waals surface area contributed by atoms with E-state index >= 15 is 0 Å². The molecule has 0 bridgehead atoms. The number of hydrogen-bond acceptors (Lipinski definition) is 5. The normalized spacial score (nSPS) is 14.8. The molecule has 1 aliphatic rings. The van der Waals surface area contributed by atoms with E-state index < -0.39 is 0 Å². The van der Waals surface area contributed by atoms with Gasteiger partial charge < -0.3 is 24.4 Å². The van der Waals surface area contributed by atoms with Crippen LogP contribution in [0, 0.1) is 0 Å². The van der Waals surface area contributed by atoms with Gasteiger partial charge >= 0.3 is 0 Å². The van der Waals surface area contributed by atoms with Crippen LogP contribution in [0.3, 0.4) is 0 Å². The number of rotatable bonds is 7. The first-order valence-corrected chi connectivity index (χ1v) is 5.36. The fraction of sp³-hybridized carbons (Fsp3) is 1.00. The summed E-state index contributed by atoms with van der Waals surface area (Å²) in [6.07, 6.45) is 2.56. The van der Waals surface area contributed by atoms with E-state index in [0.717, 1.165) is 13.2 Å². The standard InChI is InChI=1S/C6H14O4.C4H8O/c7-1-3-9-5-6-10-4-2-8;1-2-4-5-3-1/h7-8H,1-6H2;1-4H2. The van der Waals surface area contributed by atoms with E-state index in [0.29, 0.717) is 26.4 Å². The van der Waals surface area contributed by atoms with Crippen LogP contribution in [0.5, 0.6) is 0 Å². The lowest BCUT2D eigenvalue weighted by atomic mass is 10.4. The van der Waals surface area contributed by atoms with Gasteiger partial charge in [-0.25, -0.2) is 0 Å². The summed E-state index contributed by atoms with van der Waals surface area (Å²) in [5.41, 5.74) is 0. The van der Waals surface area contributed by atoms with Crippen LogP contribution in [0.4, 0.5) is 0 Å². The summed E-state index contributed by atoms with van der Waals surface area (Å²) in [5, 5.41) is 16.5. The molecule has 0 aromatic rings. The van der Waals surface area contributed by atoms with Crippen LogP contribution in [0.25, 0.3) is 0 Å². The van der Waals surface area contributed by atoms with Gasteiger partial charge in [0, 0.05) is 13.2 Å². The average molecular weight is 222 g/mol. The lowest BCUT2D eigenvalue weighted by molar-refractivity contribution is 0.0222. The van der Waals surface area contributed by atoms with E-state index in [1.54, 1.807) is 0 Å². The zero-order chi connectivity index (χ0) is 11.2. The van der Waals surface area contributed by atoms with Gasteiger partial charge in [-0.3, -0.25) is 0 Å². The Morgan fingerprint density at radius 1 is 0.800 bits per heavy atom. The molecule has 5 heteroatoms. The van der Waals surface area contributed by atoms with Gasteiger partial charge in [-0.15, -0.1) is 0 Å². The minimum Gasteiger partial charge on any atom is -0.394 e. The SMILES string of the molecule is C1CCOC1.OCCOCCOCCO. The number of ether oxygens (including phenoxy) is 3. The number of aliphatic hydroxyl groups is 2. The summed E-state index contributed by atoms with van der Waals surface area (Å²) in [7, 11) is 0. The van der Waals surface area contributed by atoms with E-state index in [2.05, 4.69) is 0 Å². The first-order valence-electron chi connectivity index (χ1n) is 5.36. The highest BCUT2D eigenvalue weighted by molar-refractivity contribution is 4.43. The highest BCUT2D eigenvalue weighted by Crippen LogP contribution is 1.98. The molecule has 1 aliphatic heterocycles. The molecule has 0 amide bonds. The minimum absolute atomic E-state index is 0.0417. The predicted molar refractivity (Wildman–Crippen MR) is 55.9 cm³/mol. The lowest BCUT2D eigenvalue weighted by Crippen LogP contribution is -2.09. The van der Waals surface area contributed by atoms with Crippen LogP contribution < -0.4 is 0 Å². The molecule has 0 unspecified atom stereocenters. The molecule has 0 aromatic heterocycles. The molecule has 0 aromatic carbocycles. The number of hydrogen-bond donors (Lipinski definition) is 2. The Bertz CT molecular complexity index is 90.4. The Labute approximate surface area is 91.0 Å². The molecule has 0 spiro atoms. The quantitative estimate of drug-likeness (QED) is 0.584. The second kappa shape index (κ2) is 13.8. The van der Waals surface area contributed by atoms with Gasteiger partial charge in [-0.05, 0) is 12.8 Å². The molecular weight excluding hydrogens is 200 g/mol. The van der Waals surface area contributed by atoms with Crippen molar-refractivity contribution in [1.82, 2.24) is 0 Å². The molecule has 0 aliphatic carbocycles. The van der Waals surface area contributed by atoms with Crippen molar-refractivity contribution >= 4 is 0 Å². The maximum atomic E-state index is 8.26. The predicted octanol–water partition coefficient (Wildman–Crippen LogP) is -0.199. The summed E-state index contributed by atoms with van der Waals surface area (Å²) in [5.74, 6) is 0. The van der Waals surface area contributed by atoms with Crippen molar-refractivity contribution in [2.24, 2.45) is 0 Å². The highest BCUT2D eigenvalue weighted by atomic mass is 16.5. The molecular formula is C10H22O5. The molecule has 0 radical (unpaired) electrons. The number of aliphatic hydroxyl groups excluding tert-OH is 2. The lowest BCUT2D eigenvalue weighted by Gasteiger charge is -2.01. The molecule has 5 nitrogen and oxygen atoms in total. The summed E-state index contributed by atoms with van der Waals surface area (Å²) in [4.78, 5) is 0. The van der Waals surface area contributed by atoms with Crippen LogP contribution in [-0.4, -0.2) is 63.1 Å². The van der Waals surface area contributed by atoms with Crippen molar-refractivity contribution in [2.75, 3.05) is 52.9 Å². The van der Waals surface area contributed by atoms with E-state index in [9.17, 15) is 0 Å². The van der Waals surface area contributed by atoms with Crippen molar-refractivity contribution in [2.45, 2.75) is 12.8 Å². The smallest absolute Gasteiger partial charge is 0.0701 e. The molecule has 15 heavy (non-hydrogen) atoms. The first-order chi connectivity index (χ1) is 7.41. The molecule has 0 atom stereocenters. The largest absolute Gasteiger partial charge is 0.394 e. The molecule has 1 rings (SSSR count). The zero-order valence-electron chi connectivity index (χ0n) is 9.19. The summed E-state index contributed by atoms with van der Waals surface area (Å²) in [6, 6.07) is 0. The van der Waals surface area contributed by atoms with Gasteiger partial charge in [0.05, 0.1) is 39.6 Å². The summed E-state index contributed by atoms with van der Waals surface area (Å²) < 4.78 is 14.7. The second-order valence-electron chi connectivity index (χ2n) is 2.99. The molecule has 0 saturated carbocycles. The van der Waals surface area contributed by atoms with Crippen LogP contribution >= 0.6 is 0 Å². The second-order valence-corrected chi connectivity index (χ2v) is 2.99. The third-order valence-corrected chi connectivity index (χ3v) is 1.67. The van der Waals surface area contributed by atoms with Gasteiger partial charge in [0.2, 0.25) is 0 Å². The van der Waals surface area contributed by atoms with Crippen LogP contribution in [-0.2, 0) is 14.2 Å². The van der Waals surface area contributed by atoms with Gasteiger partial charge in [-0.2, -0.15) is 0 Å². The Balaban J connectivity index is 0.000000322. The van der Waals surface area contributed by atoms with Crippen molar-refractivity contribution in [1.29, 1.82) is 0 Å². The first kappa shape index (κ1) is 14.8. The molecule has 1 heterocycles. The van der Waals surface area contributed by atoms with Crippen LogP contribution in [0.1, 0.15) is 12.8 Å². The van der Waals surface area contributed by atoms with Gasteiger partial charge in [0.1, 0.15) is 0 Å². The average Bonchev–Trinajstić information content (AvgIpc) is 2.82. The molecule has 1 saturated heterocycles. The van der Waals surface area contributed by atoms with E-state index in [-0.39, 0.29) is 13.2 Å². The minimum atomic E-state index is 0.0417. The zero-order valence-corrected chi connectivity index (χ0v) is 9.19. The summed E-state index contributed by atoms with van der Waals surface area (Å²) in [6.45, 7) is 3.73. The van der Waals surface area contributed by atoms with Gasteiger partial charge in [0.25, 0.3) is 0 Å². The van der Waals surface area contributed by atoms with Crippen molar-refractivity contribution in [3.05, 3.63) is 0 Å². The molecule has 2 N–H and O–H groups in total. The third kappa shape index (κ3) is 13.8. The van der Waals surface area contributed by atoms with E-state index in [4.69, 9.17) is 24.4 Å². The van der Waals surface area contributed by atoms with Crippen LogP contribution in [0.2, 0.25) is 0 Å². The van der Waals surface area contributed by atoms with Gasteiger partial charge in [-0.1, -0.05) is 0 Å². The van der Waals surface area contributed by atoms with Crippen molar-refractivity contribution in [3.8, 4) is 0 Å². The fourth-order valence-corrected chi connectivity index (χ4v) is 0.961. The van der Waals surface area contributed by atoms with Gasteiger partial charge in [0.15, 0.2) is 0 Å². The van der Waals surface area contributed by atoms with Crippen molar-refractivity contribution < 1.29 is 24.4 Å². The Morgan fingerprint density at radius 2 is 1.27 bits per heavy atom.